The molecule has 11 heteroatoms. The van der Waals surface area contributed by atoms with Crippen LogP contribution in [-0.2, 0) is 21.2 Å². The smallest absolute Gasteiger partial charge is 0.273 e. The van der Waals surface area contributed by atoms with E-state index < -0.39 is 27.4 Å². The number of methoxy groups -OCH3 is 1. The predicted molar refractivity (Wildman–Crippen MR) is 149 cm³/mol. The number of carbonyl (C=O) groups excluding carboxylic acids is 1. The molecule has 0 heterocycles. The van der Waals surface area contributed by atoms with E-state index in [2.05, 4.69) is 5.32 Å². The number of ether oxygens (including phenoxy) is 2. The first-order valence-corrected chi connectivity index (χ1v) is 13.9. The Kier molecular flexibility index (Phi) is 9.89. The molecule has 0 fully saturated rings. The highest BCUT2D eigenvalue weighted by Crippen LogP contribution is 2.29. The molecule has 3 rings (SSSR count). The molecule has 0 saturated heterocycles. The number of nitro benzene ring substituents is 1. The maximum Gasteiger partial charge on any atom is 0.273 e. The van der Waals surface area contributed by atoms with Gasteiger partial charge in [-0.25, -0.2) is 8.42 Å². The minimum Gasteiger partial charge on any atom is -0.497 e. The van der Waals surface area contributed by atoms with E-state index in [1.165, 1.54) is 38.3 Å². The summed E-state index contributed by atoms with van der Waals surface area (Å²) >= 11 is 0. The lowest BCUT2D eigenvalue weighted by Crippen LogP contribution is -2.41. The first-order valence-electron chi connectivity index (χ1n) is 12.5. The number of rotatable bonds is 13. The first kappa shape index (κ1) is 29.4. The fourth-order valence-electron chi connectivity index (χ4n) is 3.89. The van der Waals surface area contributed by atoms with Crippen LogP contribution in [0, 0.1) is 17.0 Å². The van der Waals surface area contributed by atoms with Crippen molar-refractivity contribution in [2.24, 2.45) is 0 Å². The van der Waals surface area contributed by atoms with Crippen LogP contribution in [0.2, 0.25) is 0 Å². The zero-order chi connectivity index (χ0) is 28.6. The number of hydrogen-bond acceptors (Lipinski definition) is 7. The topological polar surface area (TPSA) is 128 Å². The molecule has 0 aliphatic rings. The molecule has 0 unspecified atom stereocenters. The van der Waals surface area contributed by atoms with E-state index in [1.54, 1.807) is 12.1 Å². The Bertz CT molecular complexity index is 1410. The molecule has 3 aromatic rings. The van der Waals surface area contributed by atoms with Crippen molar-refractivity contribution in [1.29, 1.82) is 0 Å². The van der Waals surface area contributed by atoms with Crippen LogP contribution in [-0.4, -0.2) is 45.6 Å². The number of nitrogens with zero attached hydrogens (tertiary/aromatic N) is 2. The second-order valence-electron chi connectivity index (χ2n) is 9.18. The Morgan fingerprint density at radius 3 is 2.41 bits per heavy atom. The van der Waals surface area contributed by atoms with Crippen LogP contribution in [0.1, 0.15) is 31.4 Å². The Hall–Kier alpha value is -4.12. The second-order valence-corrected chi connectivity index (χ2v) is 11.0. The maximum absolute atomic E-state index is 13.6. The predicted octanol–water partition coefficient (Wildman–Crippen LogP) is 4.64. The number of nitrogens with one attached hydrogen (secondary N) is 1. The van der Waals surface area contributed by atoms with Gasteiger partial charge in [-0.2, -0.15) is 0 Å². The van der Waals surface area contributed by atoms with Gasteiger partial charge in [0.25, 0.3) is 15.7 Å². The van der Waals surface area contributed by atoms with Gasteiger partial charge in [-0.05, 0) is 81.6 Å². The summed E-state index contributed by atoms with van der Waals surface area (Å²) in [5, 5.41) is 14.2. The molecule has 0 bridgehead atoms. The van der Waals surface area contributed by atoms with Crippen LogP contribution in [0.4, 0.5) is 11.4 Å². The highest BCUT2D eigenvalue weighted by molar-refractivity contribution is 7.92. The number of anilines is 1. The van der Waals surface area contributed by atoms with Crippen LogP contribution >= 0.6 is 0 Å². The molecule has 208 valence electrons. The van der Waals surface area contributed by atoms with Gasteiger partial charge in [0.1, 0.15) is 18.0 Å². The van der Waals surface area contributed by atoms with E-state index in [-0.39, 0.29) is 22.4 Å². The minimum absolute atomic E-state index is 0.0653. The van der Waals surface area contributed by atoms with E-state index in [9.17, 15) is 23.3 Å². The summed E-state index contributed by atoms with van der Waals surface area (Å²) in [5.74, 6) is 0.783. The normalized spacial score (nSPS) is 11.2. The quantitative estimate of drug-likeness (QED) is 0.185. The summed E-state index contributed by atoms with van der Waals surface area (Å²) in [6.45, 7) is 5.26. The average Bonchev–Trinajstić information content (AvgIpc) is 2.89. The molecule has 0 aromatic heterocycles. The third-order valence-corrected chi connectivity index (χ3v) is 7.62. The molecular formula is C28H33N3O7S. The minimum atomic E-state index is -4.32. The fraction of sp³-hybridized carbons (Fsp3) is 0.321. The van der Waals surface area contributed by atoms with Gasteiger partial charge >= 0.3 is 0 Å². The van der Waals surface area contributed by atoms with Crippen molar-refractivity contribution < 1.29 is 27.6 Å². The van der Waals surface area contributed by atoms with Gasteiger partial charge in [-0.15, -0.1) is 0 Å². The zero-order valence-electron chi connectivity index (χ0n) is 22.4. The number of aryl methyl sites for hydroxylation is 2. The fourth-order valence-corrected chi connectivity index (χ4v) is 5.33. The molecule has 10 nitrogen and oxygen atoms in total. The first-order chi connectivity index (χ1) is 18.5. The molecule has 39 heavy (non-hydrogen) atoms. The lowest BCUT2D eigenvalue weighted by molar-refractivity contribution is -0.385. The Balaban J connectivity index is 1.74. The van der Waals surface area contributed by atoms with E-state index in [4.69, 9.17) is 9.47 Å². The van der Waals surface area contributed by atoms with Gasteiger partial charge in [-0.1, -0.05) is 18.2 Å². The van der Waals surface area contributed by atoms with Crippen molar-refractivity contribution in [2.45, 2.75) is 44.6 Å². The largest absolute Gasteiger partial charge is 0.497 e. The highest BCUT2D eigenvalue weighted by atomic mass is 32.2. The SMILES string of the molecule is COc1ccc(N(CC(=O)NCCCc2cccc(OC(C)C)c2)S(=O)(=O)c2ccc(C)c([N+](=O)[O-])c2)cc1. The van der Waals surface area contributed by atoms with E-state index >= 15 is 0 Å². The summed E-state index contributed by atoms with van der Waals surface area (Å²) in [7, 11) is -2.83. The summed E-state index contributed by atoms with van der Waals surface area (Å²) in [4.78, 5) is 23.4. The van der Waals surface area contributed by atoms with Crippen molar-refractivity contribution in [3.63, 3.8) is 0 Å². The van der Waals surface area contributed by atoms with Crippen molar-refractivity contribution in [3.8, 4) is 11.5 Å². The zero-order valence-corrected chi connectivity index (χ0v) is 23.2. The average molecular weight is 556 g/mol. The van der Waals surface area contributed by atoms with Crippen molar-refractivity contribution in [1.82, 2.24) is 5.32 Å². The number of hydrogen-bond donors (Lipinski definition) is 1. The number of nitro groups is 1. The third-order valence-electron chi connectivity index (χ3n) is 5.85. The number of benzene rings is 3. The van der Waals surface area contributed by atoms with Gasteiger partial charge in [0, 0.05) is 18.2 Å². The van der Waals surface area contributed by atoms with E-state index in [0.29, 0.717) is 30.7 Å². The molecule has 0 atom stereocenters. The van der Waals surface area contributed by atoms with Gasteiger partial charge in [0.15, 0.2) is 0 Å². The maximum atomic E-state index is 13.6. The summed E-state index contributed by atoms with van der Waals surface area (Å²) in [6.07, 6.45) is 1.40. The van der Waals surface area contributed by atoms with Gasteiger partial charge in [-0.3, -0.25) is 19.2 Å². The molecule has 3 aromatic carbocycles. The van der Waals surface area contributed by atoms with Crippen molar-refractivity contribution in [2.75, 3.05) is 24.5 Å². The molecule has 1 N–H and O–H groups in total. The van der Waals surface area contributed by atoms with Crippen LogP contribution in [0.3, 0.4) is 0 Å². The lowest BCUT2D eigenvalue weighted by Gasteiger charge is -2.24. The van der Waals surface area contributed by atoms with Crippen LogP contribution in [0.25, 0.3) is 0 Å². The van der Waals surface area contributed by atoms with Gasteiger partial charge in [0.2, 0.25) is 5.91 Å². The van der Waals surface area contributed by atoms with Crippen LogP contribution < -0.4 is 19.1 Å². The number of amides is 1. The standard InChI is InChI=1S/C28H33N3O7S/c1-20(2)38-25-9-5-7-22(17-25)8-6-16-29-28(32)19-30(23-11-13-24(37-4)14-12-23)39(35,36)26-15-10-21(3)27(18-26)31(33)34/h5,7,9-15,17-18,20H,6,8,16,19H2,1-4H3,(H,29,32). The van der Waals surface area contributed by atoms with Crippen LogP contribution in [0.5, 0.6) is 11.5 Å². The summed E-state index contributed by atoms with van der Waals surface area (Å²) < 4.78 is 39.0. The Morgan fingerprint density at radius 2 is 1.77 bits per heavy atom. The molecule has 0 spiro atoms. The van der Waals surface area contributed by atoms with Gasteiger partial charge in [0.05, 0.1) is 28.7 Å². The molecule has 0 aliphatic carbocycles. The van der Waals surface area contributed by atoms with E-state index in [0.717, 1.165) is 21.7 Å². The third kappa shape index (κ3) is 7.93. The van der Waals surface area contributed by atoms with Crippen molar-refractivity contribution >= 4 is 27.3 Å². The molecule has 0 aliphatic heterocycles. The highest BCUT2D eigenvalue weighted by Gasteiger charge is 2.29. The number of sulfonamides is 1. The van der Waals surface area contributed by atoms with E-state index in [1.807, 2.05) is 38.1 Å². The molecule has 1 amide bonds. The number of carbonyl (C=O) groups is 1. The summed E-state index contributed by atoms with van der Waals surface area (Å²) in [6, 6.07) is 17.6. The van der Waals surface area contributed by atoms with Crippen LogP contribution in [0.15, 0.2) is 71.6 Å². The Morgan fingerprint density at radius 1 is 1.05 bits per heavy atom. The van der Waals surface area contributed by atoms with Gasteiger partial charge < -0.3 is 14.8 Å². The summed E-state index contributed by atoms with van der Waals surface area (Å²) in [5.41, 5.74) is 1.29. The molecule has 0 saturated carbocycles. The molecular weight excluding hydrogens is 522 g/mol. The second kappa shape index (κ2) is 13.1. The lowest BCUT2D eigenvalue weighted by atomic mass is 10.1. The molecule has 0 radical (unpaired) electrons. The Labute approximate surface area is 228 Å². The van der Waals surface area contributed by atoms with Crippen molar-refractivity contribution in [3.05, 3.63) is 88.0 Å². The monoisotopic (exact) mass is 555 g/mol.